The van der Waals surface area contributed by atoms with Gasteiger partial charge in [-0.05, 0) is 31.0 Å². The van der Waals surface area contributed by atoms with Crippen molar-refractivity contribution in [3.63, 3.8) is 0 Å². The van der Waals surface area contributed by atoms with Gasteiger partial charge in [-0.15, -0.1) is 6.58 Å². The molecular weight excluding hydrogens is 375 g/mol. The third-order valence-corrected chi connectivity index (χ3v) is 4.80. The number of nitriles is 1. The first kappa shape index (κ1) is 21.4. The van der Waals surface area contributed by atoms with E-state index >= 15 is 0 Å². The molecule has 9 heteroatoms. The van der Waals surface area contributed by atoms with Crippen molar-refractivity contribution in [2.24, 2.45) is 0 Å². The molecular formula is C19H20F3N3O3. The average Bonchev–Trinajstić information content (AvgIpc) is 3.24. The van der Waals surface area contributed by atoms with Gasteiger partial charge in [-0.3, -0.25) is 9.69 Å². The van der Waals surface area contributed by atoms with Crippen LogP contribution in [0.4, 0.5) is 13.2 Å². The first-order valence-electron chi connectivity index (χ1n) is 8.65. The van der Waals surface area contributed by atoms with E-state index in [-0.39, 0.29) is 5.91 Å². The number of amides is 1. The number of rotatable bonds is 3. The molecule has 6 nitrogen and oxygen atoms in total. The van der Waals surface area contributed by atoms with Crippen molar-refractivity contribution in [1.82, 2.24) is 9.80 Å². The largest absolute Gasteiger partial charge is 0.490 e. The van der Waals surface area contributed by atoms with Crippen LogP contribution < -0.4 is 0 Å². The van der Waals surface area contributed by atoms with Crippen LogP contribution in [0.15, 0.2) is 36.9 Å². The first-order chi connectivity index (χ1) is 13.2. The van der Waals surface area contributed by atoms with Crippen LogP contribution in [-0.4, -0.2) is 64.7 Å². The highest BCUT2D eigenvalue weighted by Gasteiger charge is 2.43. The molecule has 0 radical (unpaired) electrons. The molecule has 2 aliphatic rings. The number of hydrogen-bond donors (Lipinski definition) is 1. The number of likely N-dealkylation sites (tertiary alicyclic amines) is 2. The number of carboxylic acids is 1. The van der Waals surface area contributed by atoms with E-state index in [0.29, 0.717) is 23.2 Å². The van der Waals surface area contributed by atoms with Crippen LogP contribution in [0.5, 0.6) is 0 Å². The minimum atomic E-state index is -5.08. The molecule has 2 saturated heterocycles. The Kier molecular flexibility index (Phi) is 6.80. The second-order valence-corrected chi connectivity index (χ2v) is 6.49. The van der Waals surface area contributed by atoms with E-state index in [4.69, 9.17) is 15.2 Å². The molecule has 2 heterocycles. The van der Waals surface area contributed by atoms with Crippen molar-refractivity contribution in [1.29, 1.82) is 5.26 Å². The molecule has 0 unspecified atom stereocenters. The summed E-state index contributed by atoms with van der Waals surface area (Å²) in [5.41, 5.74) is 1.16. The summed E-state index contributed by atoms with van der Waals surface area (Å²) in [5.74, 6) is -2.70. The van der Waals surface area contributed by atoms with Crippen molar-refractivity contribution >= 4 is 11.9 Å². The van der Waals surface area contributed by atoms with Crippen LogP contribution in [0, 0.1) is 11.3 Å². The molecule has 28 heavy (non-hydrogen) atoms. The lowest BCUT2D eigenvalue weighted by Crippen LogP contribution is -2.39. The topological polar surface area (TPSA) is 84.6 Å². The fourth-order valence-corrected chi connectivity index (χ4v) is 3.61. The summed E-state index contributed by atoms with van der Waals surface area (Å²) < 4.78 is 31.7. The third kappa shape index (κ3) is 4.89. The molecule has 0 spiro atoms. The number of aliphatic carboxylic acids is 1. The average molecular weight is 395 g/mol. The summed E-state index contributed by atoms with van der Waals surface area (Å²) >= 11 is 0. The summed E-state index contributed by atoms with van der Waals surface area (Å²) in [7, 11) is 0. The monoisotopic (exact) mass is 395 g/mol. The van der Waals surface area contributed by atoms with E-state index in [0.717, 1.165) is 32.5 Å². The fourth-order valence-electron chi connectivity index (χ4n) is 3.61. The lowest BCUT2D eigenvalue weighted by molar-refractivity contribution is -0.192. The molecule has 1 amide bonds. The number of benzene rings is 1. The molecule has 0 bridgehead atoms. The maximum atomic E-state index is 12.7. The minimum absolute atomic E-state index is 0.0556. The number of fused-ring (bicyclic) bond motifs is 1. The van der Waals surface area contributed by atoms with Crippen LogP contribution >= 0.6 is 0 Å². The Morgan fingerprint density at radius 2 is 1.93 bits per heavy atom. The van der Waals surface area contributed by atoms with E-state index < -0.39 is 12.1 Å². The molecule has 2 atom stereocenters. The van der Waals surface area contributed by atoms with Crippen molar-refractivity contribution in [3.8, 4) is 6.07 Å². The maximum absolute atomic E-state index is 12.7. The van der Waals surface area contributed by atoms with Gasteiger partial charge in [0.25, 0.3) is 5.91 Å². The van der Waals surface area contributed by atoms with Gasteiger partial charge in [0, 0.05) is 37.3 Å². The summed E-state index contributed by atoms with van der Waals surface area (Å²) in [6.07, 6.45) is -1.09. The smallest absolute Gasteiger partial charge is 0.475 e. The molecule has 1 N–H and O–H groups in total. The molecule has 0 saturated carbocycles. The van der Waals surface area contributed by atoms with E-state index in [1.807, 2.05) is 11.0 Å². The molecule has 2 fully saturated rings. The maximum Gasteiger partial charge on any atom is 0.490 e. The highest BCUT2D eigenvalue weighted by atomic mass is 19.4. The molecule has 150 valence electrons. The second kappa shape index (κ2) is 8.89. The molecule has 1 aromatic carbocycles. The van der Waals surface area contributed by atoms with Crippen LogP contribution in [-0.2, 0) is 4.79 Å². The zero-order chi connectivity index (χ0) is 20.9. The van der Waals surface area contributed by atoms with E-state index in [2.05, 4.69) is 17.5 Å². The van der Waals surface area contributed by atoms with Gasteiger partial charge in [0.05, 0.1) is 11.6 Å². The van der Waals surface area contributed by atoms with E-state index in [1.165, 1.54) is 0 Å². The number of alkyl halides is 3. The zero-order valence-corrected chi connectivity index (χ0v) is 15.0. The summed E-state index contributed by atoms with van der Waals surface area (Å²) in [5, 5.41) is 16.1. The quantitative estimate of drug-likeness (QED) is 0.796. The van der Waals surface area contributed by atoms with Gasteiger partial charge in [-0.1, -0.05) is 12.1 Å². The number of hydrogen-bond acceptors (Lipinski definition) is 4. The normalized spacial score (nSPS) is 21.3. The predicted molar refractivity (Wildman–Crippen MR) is 94.5 cm³/mol. The Morgan fingerprint density at radius 1 is 1.29 bits per heavy atom. The Bertz CT molecular complexity index is 789. The van der Waals surface area contributed by atoms with Crippen molar-refractivity contribution in [2.75, 3.05) is 19.6 Å². The summed E-state index contributed by atoms with van der Waals surface area (Å²) in [6, 6.07) is 9.85. The standard InChI is InChI=1S/C17H19N3O.C2HF3O2/c1-2-8-19-9-6-16-15(19)7-10-20(16)17(21)14-5-3-4-13(11-14)12-18;3-2(4,5)1(6)7/h2-5,11,15-16H,1,6-10H2;(H,6,7)/t15-,16+;/m0./s1. The van der Waals surface area contributed by atoms with Gasteiger partial charge >= 0.3 is 12.1 Å². The number of nitrogens with zero attached hydrogens (tertiary/aromatic N) is 3. The van der Waals surface area contributed by atoms with Crippen molar-refractivity contribution in [2.45, 2.75) is 31.1 Å². The van der Waals surface area contributed by atoms with Gasteiger partial charge in [0.1, 0.15) is 0 Å². The summed E-state index contributed by atoms with van der Waals surface area (Å²) in [6.45, 7) is 6.54. The van der Waals surface area contributed by atoms with Crippen LogP contribution in [0.2, 0.25) is 0 Å². The van der Waals surface area contributed by atoms with Gasteiger partial charge in [0.2, 0.25) is 0 Å². The molecule has 1 aromatic rings. The first-order valence-corrected chi connectivity index (χ1v) is 8.65. The van der Waals surface area contributed by atoms with Gasteiger partial charge in [0.15, 0.2) is 0 Å². The van der Waals surface area contributed by atoms with E-state index in [9.17, 15) is 18.0 Å². The molecule has 0 aromatic heterocycles. The zero-order valence-electron chi connectivity index (χ0n) is 15.0. The van der Waals surface area contributed by atoms with Crippen molar-refractivity contribution in [3.05, 3.63) is 48.0 Å². The molecule has 3 rings (SSSR count). The van der Waals surface area contributed by atoms with Gasteiger partial charge in [-0.25, -0.2) is 4.79 Å². The number of carbonyl (C=O) groups is 2. The Morgan fingerprint density at radius 3 is 2.50 bits per heavy atom. The minimum Gasteiger partial charge on any atom is -0.475 e. The van der Waals surface area contributed by atoms with E-state index in [1.54, 1.807) is 24.3 Å². The number of carboxylic acid groups (broad SMARTS) is 1. The third-order valence-electron chi connectivity index (χ3n) is 4.80. The van der Waals surface area contributed by atoms with Gasteiger partial charge < -0.3 is 10.0 Å². The lowest BCUT2D eigenvalue weighted by atomic mass is 10.1. The van der Waals surface area contributed by atoms with Crippen LogP contribution in [0.1, 0.15) is 28.8 Å². The second-order valence-electron chi connectivity index (χ2n) is 6.49. The Balaban J connectivity index is 0.000000345. The highest BCUT2D eigenvalue weighted by Crippen LogP contribution is 2.32. The molecule has 0 aliphatic carbocycles. The number of carbonyl (C=O) groups excluding carboxylic acids is 1. The summed E-state index contributed by atoms with van der Waals surface area (Å²) in [4.78, 5) is 26.0. The fraction of sp³-hybridized carbons (Fsp3) is 0.421. The number of halogens is 3. The SMILES string of the molecule is C=CCN1CC[C@@H]2[C@@H]1CCN2C(=O)c1cccc(C#N)c1.O=C(O)C(F)(F)F. The van der Waals surface area contributed by atoms with Crippen LogP contribution in [0.3, 0.4) is 0 Å². The highest BCUT2D eigenvalue weighted by molar-refractivity contribution is 5.95. The Labute approximate surface area is 160 Å². The Hall–Kier alpha value is -2.86. The predicted octanol–water partition coefficient (Wildman–Crippen LogP) is 2.67. The lowest BCUT2D eigenvalue weighted by Gasteiger charge is -2.25. The van der Waals surface area contributed by atoms with Crippen molar-refractivity contribution < 1.29 is 27.9 Å². The van der Waals surface area contributed by atoms with Gasteiger partial charge in [-0.2, -0.15) is 18.4 Å². The molecule has 2 aliphatic heterocycles. The van der Waals surface area contributed by atoms with Crippen LogP contribution in [0.25, 0.3) is 0 Å².